The molecule has 0 aromatic carbocycles. The maximum Gasteiger partial charge on any atom is 0.460 e. The van der Waals surface area contributed by atoms with E-state index in [4.69, 9.17) is 5.11 Å². The van der Waals surface area contributed by atoms with E-state index in [0.29, 0.717) is 0 Å². The van der Waals surface area contributed by atoms with Crippen molar-refractivity contribution in [2.45, 2.75) is 127 Å². The summed E-state index contributed by atoms with van der Waals surface area (Å²) in [6.45, 7) is -5.18. The van der Waals surface area contributed by atoms with E-state index in [-0.39, 0.29) is 4.90 Å². The fourth-order valence-electron chi connectivity index (χ4n) is 4.35. The molecule has 0 aromatic heterocycles. The van der Waals surface area contributed by atoms with Gasteiger partial charge in [0.05, 0.1) is 6.42 Å². The molecule has 0 aliphatic rings. The molecule has 372 valence electrons. The Morgan fingerprint density at radius 1 is 0.306 bits per heavy atom. The molecular formula is C25H17F34NO2. The van der Waals surface area contributed by atoms with Crippen LogP contribution < -0.4 is 0 Å². The van der Waals surface area contributed by atoms with E-state index in [0.717, 1.165) is 0 Å². The number of aliphatic carboxylic acids is 1. The maximum absolute atomic E-state index is 14.2. The van der Waals surface area contributed by atoms with Gasteiger partial charge in [0, 0.05) is 19.4 Å². The molecule has 0 amide bonds. The molecule has 0 aliphatic carbocycles. The highest BCUT2D eigenvalue weighted by Gasteiger charge is 2.96. The van der Waals surface area contributed by atoms with E-state index in [1.807, 2.05) is 0 Å². The van der Waals surface area contributed by atoms with Crippen molar-refractivity contribution >= 4 is 5.97 Å². The van der Waals surface area contributed by atoms with Crippen molar-refractivity contribution in [3.63, 3.8) is 0 Å². The third-order valence-corrected chi connectivity index (χ3v) is 8.15. The van der Waals surface area contributed by atoms with Crippen LogP contribution in [0.3, 0.4) is 0 Å². The first-order valence-electron chi connectivity index (χ1n) is 14.9. The second-order valence-corrected chi connectivity index (χ2v) is 12.5. The van der Waals surface area contributed by atoms with Gasteiger partial charge in [-0.1, -0.05) is 0 Å². The predicted molar refractivity (Wildman–Crippen MR) is 129 cm³/mol. The number of rotatable bonds is 23. The number of halogens is 34. The Morgan fingerprint density at radius 3 is 0.694 bits per heavy atom. The van der Waals surface area contributed by atoms with Crippen molar-refractivity contribution < 1.29 is 159 Å². The molecule has 3 nitrogen and oxygen atoms in total. The first kappa shape index (κ1) is 59.0. The van der Waals surface area contributed by atoms with Crippen molar-refractivity contribution in [3.05, 3.63) is 0 Å². The van der Waals surface area contributed by atoms with Crippen LogP contribution >= 0.6 is 0 Å². The van der Waals surface area contributed by atoms with Crippen LogP contribution in [0.4, 0.5) is 149 Å². The normalized spacial score (nSPS) is 16.4. The summed E-state index contributed by atoms with van der Waals surface area (Å²) in [6, 6.07) is 0. The van der Waals surface area contributed by atoms with Crippen LogP contribution in [-0.2, 0) is 4.79 Å². The van der Waals surface area contributed by atoms with E-state index in [9.17, 15) is 154 Å². The molecule has 0 unspecified atom stereocenters. The molecule has 37 heteroatoms. The third-order valence-electron chi connectivity index (χ3n) is 8.15. The molecule has 0 radical (unpaired) electrons. The smallest absolute Gasteiger partial charge is 0.460 e. The van der Waals surface area contributed by atoms with E-state index in [1.165, 1.54) is 0 Å². The summed E-state index contributed by atoms with van der Waals surface area (Å²) in [7, 11) is 0. The molecule has 0 rings (SSSR count). The number of carboxylic acids is 1. The summed E-state index contributed by atoms with van der Waals surface area (Å²) < 4.78 is 456. The Bertz CT molecular complexity index is 1440. The molecule has 0 bridgehead atoms. The zero-order valence-corrected chi connectivity index (χ0v) is 28.3. The van der Waals surface area contributed by atoms with E-state index < -0.39 is 153 Å². The summed E-state index contributed by atoms with van der Waals surface area (Å²) in [6.07, 6.45) is -28.6. The first-order chi connectivity index (χ1) is 26.5. The summed E-state index contributed by atoms with van der Waals surface area (Å²) in [5.41, 5.74) is 0. The first-order valence-corrected chi connectivity index (χ1v) is 14.9. The zero-order chi connectivity index (χ0) is 50.8. The number of hydrogen-bond donors (Lipinski definition) is 1. The molecular weight excluding hydrogens is 992 g/mol. The van der Waals surface area contributed by atoms with Crippen LogP contribution in [0.5, 0.6) is 0 Å². The average Bonchev–Trinajstić information content (AvgIpc) is 3.04. The van der Waals surface area contributed by atoms with Gasteiger partial charge < -0.3 is 10.0 Å². The van der Waals surface area contributed by atoms with Gasteiger partial charge in [-0.05, 0) is 25.9 Å². The maximum atomic E-state index is 14.2. The van der Waals surface area contributed by atoms with E-state index >= 15 is 0 Å². The van der Waals surface area contributed by atoms with Gasteiger partial charge in [-0.2, -0.15) is 149 Å². The highest BCUT2D eigenvalue weighted by molar-refractivity contribution is 5.66. The Hall–Kier alpha value is -2.95. The van der Waals surface area contributed by atoms with Crippen molar-refractivity contribution in [2.75, 3.05) is 19.6 Å². The minimum Gasteiger partial charge on any atom is -0.481 e. The molecule has 0 aromatic rings. The minimum atomic E-state index is -9.03. The van der Waals surface area contributed by atoms with Crippen molar-refractivity contribution in [2.24, 2.45) is 0 Å². The Labute approximate surface area is 318 Å². The Kier molecular flexibility index (Phi) is 15.7. The van der Waals surface area contributed by atoms with Gasteiger partial charge in [0.1, 0.15) is 0 Å². The van der Waals surface area contributed by atoms with Gasteiger partial charge in [0.15, 0.2) is 0 Å². The van der Waals surface area contributed by atoms with Crippen LogP contribution in [0.2, 0.25) is 0 Å². The molecule has 0 saturated carbocycles. The van der Waals surface area contributed by atoms with E-state index in [2.05, 4.69) is 0 Å². The number of carbonyl (C=O) groups is 1. The molecule has 0 fully saturated rings. The molecule has 0 aliphatic heterocycles. The van der Waals surface area contributed by atoms with Crippen LogP contribution in [0.1, 0.15) is 32.1 Å². The molecule has 62 heavy (non-hydrogen) atoms. The van der Waals surface area contributed by atoms with Gasteiger partial charge in [-0.3, -0.25) is 4.79 Å². The average molecular weight is 1010 g/mol. The number of alkyl halides is 34. The molecule has 0 atom stereocenters. The third kappa shape index (κ3) is 8.88. The molecule has 0 spiro atoms. The van der Waals surface area contributed by atoms with E-state index in [1.54, 1.807) is 0 Å². The van der Waals surface area contributed by atoms with Gasteiger partial charge in [-0.25, -0.2) is 0 Å². The number of carboxylic acid groups (broad SMARTS) is 1. The van der Waals surface area contributed by atoms with Gasteiger partial charge in [0.2, 0.25) is 0 Å². The summed E-state index contributed by atoms with van der Waals surface area (Å²) in [5, 5.41) is 8.63. The summed E-state index contributed by atoms with van der Waals surface area (Å²) in [5.74, 6) is -121. The summed E-state index contributed by atoms with van der Waals surface area (Å²) in [4.78, 5) is 10.6. The van der Waals surface area contributed by atoms with Crippen molar-refractivity contribution in [3.8, 4) is 0 Å². The van der Waals surface area contributed by atoms with Crippen molar-refractivity contribution in [1.82, 2.24) is 4.90 Å². The quantitative estimate of drug-likeness (QED) is 0.104. The standard InChI is InChI=1S/C25H17F34NO2/c26-10(27,12(30,31)14(34,35)16(38,39)18(42,43)20(46,47)22(50,51)24(54,55)56)4-1-6-60(8-3-9(61)62)7-2-5-11(28,29)13(32,33)15(36,37)17(40,41)19(44,45)21(48,49)23(52,53)25(57,58)59/h1-8H2,(H,61,62). The summed E-state index contributed by atoms with van der Waals surface area (Å²) >= 11 is 0. The zero-order valence-electron chi connectivity index (χ0n) is 28.3. The lowest BCUT2D eigenvalue weighted by Crippen LogP contribution is -2.74. The van der Waals surface area contributed by atoms with Gasteiger partial charge in [0.25, 0.3) is 0 Å². The predicted octanol–water partition coefficient (Wildman–Crippen LogP) is 12.3. The van der Waals surface area contributed by atoms with Crippen LogP contribution in [0.25, 0.3) is 0 Å². The number of nitrogens with zero attached hydrogens (tertiary/aromatic N) is 1. The Balaban J connectivity index is 6.52. The largest absolute Gasteiger partial charge is 0.481 e. The lowest BCUT2D eigenvalue weighted by atomic mass is 9.88. The lowest BCUT2D eigenvalue weighted by molar-refractivity contribution is -0.461. The second-order valence-electron chi connectivity index (χ2n) is 12.5. The Morgan fingerprint density at radius 2 is 0.500 bits per heavy atom. The topological polar surface area (TPSA) is 40.5 Å². The van der Waals surface area contributed by atoms with Crippen molar-refractivity contribution in [1.29, 1.82) is 0 Å². The highest BCUT2D eigenvalue weighted by atomic mass is 19.4. The lowest BCUT2D eigenvalue weighted by Gasteiger charge is -2.43. The van der Waals surface area contributed by atoms with Crippen LogP contribution in [0.15, 0.2) is 0 Å². The number of hydrogen-bond acceptors (Lipinski definition) is 2. The molecule has 1 N–H and O–H groups in total. The minimum absolute atomic E-state index is 0.169. The fraction of sp³-hybridized carbons (Fsp3) is 0.960. The fourth-order valence-corrected chi connectivity index (χ4v) is 4.35. The van der Waals surface area contributed by atoms with Gasteiger partial charge in [-0.15, -0.1) is 0 Å². The van der Waals surface area contributed by atoms with Crippen LogP contribution in [-0.4, -0.2) is 131 Å². The van der Waals surface area contributed by atoms with Crippen LogP contribution in [0, 0.1) is 0 Å². The molecule has 0 saturated heterocycles. The van der Waals surface area contributed by atoms with Gasteiger partial charge >= 0.3 is 101 Å². The second kappa shape index (κ2) is 16.5. The molecule has 0 heterocycles. The highest BCUT2D eigenvalue weighted by Crippen LogP contribution is 2.66. The SMILES string of the molecule is O=C(O)CCN(CCCC(F)(F)C(F)(F)C(F)(F)C(F)(F)C(F)(F)C(F)(F)C(F)(F)C(F)(F)F)CCCC(F)(F)C(F)(F)C(F)(F)C(F)(F)C(F)(F)C(F)(F)C(F)(F)C(F)(F)F. The monoisotopic (exact) mass is 1010 g/mol.